The zero-order chi connectivity index (χ0) is 19.1. The molecule has 4 rings (SSSR count). The first kappa shape index (κ1) is 17.6. The van der Waals surface area contributed by atoms with Crippen LogP contribution in [0.2, 0.25) is 0 Å². The number of carbonyl (C=O) groups excluding carboxylic acids is 2. The van der Waals surface area contributed by atoms with Gasteiger partial charge in [0.15, 0.2) is 17.5 Å². The van der Waals surface area contributed by atoms with Gasteiger partial charge in [-0.1, -0.05) is 6.07 Å². The summed E-state index contributed by atoms with van der Waals surface area (Å²) in [5.74, 6) is -5.92. The van der Waals surface area contributed by atoms with Crippen molar-refractivity contribution in [2.45, 2.75) is 25.7 Å². The quantitative estimate of drug-likeness (QED) is 0.835. The Morgan fingerprint density at radius 3 is 2.63 bits per heavy atom. The van der Waals surface area contributed by atoms with Crippen LogP contribution in [0.15, 0.2) is 30.3 Å². The SMILES string of the molecule is O=C(Nc1ccc(F)c(F)c1F)C1CC(=O)N(c2ccc3c(c2)CCC3)C1. The fourth-order valence-corrected chi connectivity index (χ4v) is 3.72. The maximum absolute atomic E-state index is 13.7. The van der Waals surface area contributed by atoms with E-state index in [1.807, 2.05) is 18.2 Å². The van der Waals surface area contributed by atoms with Crippen molar-refractivity contribution in [1.82, 2.24) is 0 Å². The lowest BCUT2D eigenvalue weighted by Crippen LogP contribution is -2.28. The highest BCUT2D eigenvalue weighted by Gasteiger charge is 2.36. The third-order valence-corrected chi connectivity index (χ3v) is 5.18. The van der Waals surface area contributed by atoms with E-state index in [-0.39, 0.29) is 18.9 Å². The highest BCUT2D eigenvalue weighted by Crippen LogP contribution is 2.31. The summed E-state index contributed by atoms with van der Waals surface area (Å²) < 4.78 is 40.1. The molecular weight excluding hydrogens is 357 g/mol. The summed E-state index contributed by atoms with van der Waals surface area (Å²) in [4.78, 5) is 26.3. The summed E-state index contributed by atoms with van der Waals surface area (Å²) in [7, 11) is 0. The highest BCUT2D eigenvalue weighted by atomic mass is 19.2. The highest BCUT2D eigenvalue weighted by molar-refractivity contribution is 6.03. The predicted molar refractivity (Wildman–Crippen MR) is 93.9 cm³/mol. The average molecular weight is 374 g/mol. The minimum atomic E-state index is -1.64. The van der Waals surface area contributed by atoms with Gasteiger partial charge in [-0.3, -0.25) is 9.59 Å². The zero-order valence-electron chi connectivity index (χ0n) is 14.4. The number of benzene rings is 2. The van der Waals surface area contributed by atoms with Crippen molar-refractivity contribution >= 4 is 23.2 Å². The molecule has 0 radical (unpaired) electrons. The molecular formula is C20H17F3N2O2. The van der Waals surface area contributed by atoms with Crippen molar-refractivity contribution < 1.29 is 22.8 Å². The summed E-state index contributed by atoms with van der Waals surface area (Å²) >= 11 is 0. The lowest BCUT2D eigenvalue weighted by molar-refractivity contribution is -0.122. The molecule has 0 spiro atoms. The smallest absolute Gasteiger partial charge is 0.229 e. The number of hydrogen-bond donors (Lipinski definition) is 1. The zero-order valence-corrected chi connectivity index (χ0v) is 14.4. The summed E-state index contributed by atoms with van der Waals surface area (Å²) in [6, 6.07) is 7.56. The van der Waals surface area contributed by atoms with Crippen LogP contribution in [0.5, 0.6) is 0 Å². The second-order valence-electron chi connectivity index (χ2n) is 6.92. The van der Waals surface area contributed by atoms with Gasteiger partial charge in [-0.15, -0.1) is 0 Å². The van der Waals surface area contributed by atoms with E-state index in [0.717, 1.165) is 37.1 Å². The molecule has 1 atom stereocenters. The van der Waals surface area contributed by atoms with Crippen molar-refractivity contribution in [3.63, 3.8) is 0 Å². The predicted octanol–water partition coefficient (Wildman–Crippen LogP) is 3.58. The van der Waals surface area contributed by atoms with E-state index < -0.39 is 35.0 Å². The van der Waals surface area contributed by atoms with Crippen LogP contribution in [0.3, 0.4) is 0 Å². The van der Waals surface area contributed by atoms with E-state index in [2.05, 4.69) is 5.32 Å². The van der Waals surface area contributed by atoms with Gasteiger partial charge in [0, 0.05) is 18.7 Å². The molecule has 2 amide bonds. The molecule has 2 aromatic carbocycles. The molecule has 1 heterocycles. The number of amides is 2. The van der Waals surface area contributed by atoms with E-state index in [9.17, 15) is 22.8 Å². The third kappa shape index (κ3) is 3.18. The monoisotopic (exact) mass is 374 g/mol. The summed E-state index contributed by atoms with van der Waals surface area (Å²) in [5, 5.41) is 2.25. The number of anilines is 2. The topological polar surface area (TPSA) is 49.4 Å². The van der Waals surface area contributed by atoms with E-state index >= 15 is 0 Å². The lowest BCUT2D eigenvalue weighted by Gasteiger charge is -2.18. The van der Waals surface area contributed by atoms with Gasteiger partial charge in [-0.05, 0) is 54.7 Å². The molecule has 2 aliphatic rings. The Morgan fingerprint density at radius 2 is 1.81 bits per heavy atom. The average Bonchev–Trinajstić information content (AvgIpc) is 3.27. The van der Waals surface area contributed by atoms with Crippen molar-refractivity contribution in [2.75, 3.05) is 16.8 Å². The Hall–Kier alpha value is -2.83. The molecule has 0 bridgehead atoms. The van der Waals surface area contributed by atoms with E-state index in [1.165, 1.54) is 11.1 Å². The summed E-state index contributed by atoms with van der Waals surface area (Å²) in [5.41, 5.74) is 2.81. The van der Waals surface area contributed by atoms with Gasteiger partial charge in [-0.25, -0.2) is 13.2 Å². The van der Waals surface area contributed by atoms with Crippen LogP contribution in [0, 0.1) is 23.4 Å². The van der Waals surface area contributed by atoms with Crippen LogP contribution in [0.1, 0.15) is 24.0 Å². The first-order valence-corrected chi connectivity index (χ1v) is 8.80. The van der Waals surface area contributed by atoms with Crippen LogP contribution in [0.4, 0.5) is 24.5 Å². The van der Waals surface area contributed by atoms with Gasteiger partial charge in [0.1, 0.15) is 0 Å². The number of fused-ring (bicyclic) bond motifs is 1. The molecule has 2 aromatic rings. The molecule has 27 heavy (non-hydrogen) atoms. The van der Waals surface area contributed by atoms with Crippen molar-refractivity contribution in [3.8, 4) is 0 Å². The standard InChI is InChI=1S/C20H17F3N2O2/c21-15-6-7-16(19(23)18(15)22)24-20(27)13-9-17(26)25(10-13)14-5-4-11-2-1-3-12(11)8-14/h4-8,13H,1-3,9-10H2,(H,24,27). The molecule has 140 valence electrons. The molecule has 0 saturated carbocycles. The fourth-order valence-electron chi connectivity index (χ4n) is 3.72. The first-order valence-electron chi connectivity index (χ1n) is 8.80. The number of nitrogens with zero attached hydrogens (tertiary/aromatic N) is 1. The minimum absolute atomic E-state index is 0.0196. The molecule has 1 fully saturated rings. The van der Waals surface area contributed by atoms with Crippen LogP contribution < -0.4 is 10.2 Å². The Balaban J connectivity index is 1.49. The normalized spacial score (nSPS) is 18.7. The van der Waals surface area contributed by atoms with Crippen molar-refractivity contribution in [2.24, 2.45) is 5.92 Å². The van der Waals surface area contributed by atoms with Gasteiger partial charge in [0.25, 0.3) is 0 Å². The third-order valence-electron chi connectivity index (χ3n) is 5.18. The largest absolute Gasteiger partial charge is 0.323 e. The van der Waals surface area contributed by atoms with Gasteiger partial charge in [0.05, 0.1) is 11.6 Å². The molecule has 7 heteroatoms. The van der Waals surface area contributed by atoms with Gasteiger partial charge in [0.2, 0.25) is 11.8 Å². The van der Waals surface area contributed by atoms with E-state index in [4.69, 9.17) is 0 Å². The van der Waals surface area contributed by atoms with Crippen molar-refractivity contribution in [3.05, 3.63) is 58.9 Å². The molecule has 1 unspecified atom stereocenters. The van der Waals surface area contributed by atoms with E-state index in [1.54, 1.807) is 4.90 Å². The van der Waals surface area contributed by atoms with Crippen LogP contribution in [0.25, 0.3) is 0 Å². The summed E-state index contributed by atoms with van der Waals surface area (Å²) in [6.07, 6.45) is 3.09. The number of carbonyl (C=O) groups is 2. The first-order chi connectivity index (χ1) is 12.9. The number of aryl methyl sites for hydroxylation is 2. The summed E-state index contributed by atoms with van der Waals surface area (Å²) in [6.45, 7) is 0.161. The number of hydrogen-bond acceptors (Lipinski definition) is 2. The van der Waals surface area contributed by atoms with E-state index in [0.29, 0.717) is 0 Å². The Labute approximate surface area is 154 Å². The van der Waals surface area contributed by atoms with Crippen LogP contribution >= 0.6 is 0 Å². The van der Waals surface area contributed by atoms with Crippen molar-refractivity contribution in [1.29, 1.82) is 0 Å². The van der Waals surface area contributed by atoms with Crippen LogP contribution in [-0.2, 0) is 22.4 Å². The Morgan fingerprint density at radius 1 is 1.04 bits per heavy atom. The Kier molecular flexibility index (Phi) is 4.37. The molecule has 1 aliphatic carbocycles. The van der Waals surface area contributed by atoms with Gasteiger partial charge >= 0.3 is 0 Å². The second kappa shape index (κ2) is 6.72. The number of rotatable bonds is 3. The maximum Gasteiger partial charge on any atom is 0.229 e. The minimum Gasteiger partial charge on any atom is -0.323 e. The molecule has 1 N–H and O–H groups in total. The van der Waals surface area contributed by atoms with Gasteiger partial charge < -0.3 is 10.2 Å². The fraction of sp³-hybridized carbons (Fsp3) is 0.300. The lowest BCUT2D eigenvalue weighted by atomic mass is 10.1. The number of nitrogens with one attached hydrogen (secondary N) is 1. The molecule has 1 aliphatic heterocycles. The molecule has 1 saturated heterocycles. The molecule has 0 aromatic heterocycles. The maximum atomic E-state index is 13.7. The Bertz CT molecular complexity index is 945. The van der Waals surface area contributed by atoms with Crippen LogP contribution in [-0.4, -0.2) is 18.4 Å². The number of halogens is 3. The van der Waals surface area contributed by atoms with Gasteiger partial charge in [-0.2, -0.15) is 0 Å². The molecule has 4 nitrogen and oxygen atoms in total. The second-order valence-corrected chi connectivity index (χ2v) is 6.92.